The average molecular weight is 508 g/mol. The third-order valence-corrected chi connectivity index (χ3v) is 6.91. The zero-order valence-electron chi connectivity index (χ0n) is 23.6. The summed E-state index contributed by atoms with van der Waals surface area (Å²) in [5, 5.41) is 2.36. The lowest BCUT2D eigenvalue weighted by atomic mass is 9.79. The Morgan fingerprint density at radius 2 is 1.38 bits per heavy atom. The number of benzene rings is 2. The molecule has 0 aliphatic heterocycles. The molecular weight excluding hydrogens is 469 g/mol. The lowest BCUT2D eigenvalue weighted by Gasteiger charge is -2.25. The molecule has 1 nitrogen and oxygen atoms in total. The second-order valence-corrected chi connectivity index (χ2v) is 9.03. The van der Waals surface area contributed by atoms with Crippen LogP contribution in [0.1, 0.15) is 36.1 Å². The van der Waals surface area contributed by atoms with E-state index in [0.29, 0.717) is 0 Å². The van der Waals surface area contributed by atoms with E-state index in [1.165, 1.54) is 16.3 Å². The first kappa shape index (κ1) is 29.0. The van der Waals surface area contributed by atoms with E-state index < -0.39 is 0 Å². The van der Waals surface area contributed by atoms with E-state index in [1.54, 1.807) is 6.08 Å². The van der Waals surface area contributed by atoms with Gasteiger partial charge in [0.1, 0.15) is 0 Å². The van der Waals surface area contributed by atoms with Gasteiger partial charge in [0.15, 0.2) is 0 Å². The predicted octanol–water partition coefficient (Wildman–Crippen LogP) is 10.3. The van der Waals surface area contributed by atoms with Crippen molar-refractivity contribution in [1.29, 1.82) is 0 Å². The van der Waals surface area contributed by atoms with E-state index in [1.807, 2.05) is 42.5 Å². The molecular formula is C37H38BN. The second-order valence-electron chi connectivity index (χ2n) is 9.03. The van der Waals surface area contributed by atoms with Gasteiger partial charge >= 0.3 is 0 Å². The average Bonchev–Trinajstić information content (AvgIpc) is 3.28. The molecule has 0 saturated carbocycles. The number of allylic oxidation sites excluding steroid dienone is 16. The fourth-order valence-electron chi connectivity index (χ4n) is 5.42. The number of rotatable bonds is 12. The molecule has 0 saturated heterocycles. The van der Waals surface area contributed by atoms with Crippen molar-refractivity contribution in [2.24, 2.45) is 0 Å². The minimum absolute atomic E-state index is 0.803. The zero-order valence-corrected chi connectivity index (χ0v) is 23.6. The van der Waals surface area contributed by atoms with Crippen molar-refractivity contribution in [3.05, 3.63) is 159 Å². The van der Waals surface area contributed by atoms with E-state index in [-0.39, 0.29) is 0 Å². The Labute approximate surface area is 235 Å². The van der Waals surface area contributed by atoms with Gasteiger partial charge in [-0.25, -0.2) is 0 Å². The summed E-state index contributed by atoms with van der Waals surface area (Å²) in [5.74, 6) is 0. The van der Waals surface area contributed by atoms with Crippen LogP contribution in [0.25, 0.3) is 44.1 Å². The molecule has 3 rings (SSSR count). The van der Waals surface area contributed by atoms with Gasteiger partial charge in [-0.15, -0.1) is 0 Å². The first-order valence-corrected chi connectivity index (χ1v) is 13.3. The molecule has 0 aliphatic carbocycles. The molecule has 194 valence electrons. The first-order chi connectivity index (χ1) is 19.0. The second kappa shape index (κ2) is 13.3. The van der Waals surface area contributed by atoms with Crippen molar-refractivity contribution in [3.63, 3.8) is 0 Å². The van der Waals surface area contributed by atoms with Gasteiger partial charge in [0.2, 0.25) is 7.41 Å². The molecule has 1 aromatic heterocycles. The van der Waals surface area contributed by atoms with E-state index in [0.717, 1.165) is 57.5 Å². The fraction of sp³-hybridized carbons (Fsp3) is 0.0811. The van der Waals surface area contributed by atoms with Gasteiger partial charge in [-0.1, -0.05) is 137 Å². The number of fused-ring (bicyclic) bond motifs is 3. The van der Waals surface area contributed by atoms with Gasteiger partial charge in [-0.3, -0.25) is 0 Å². The van der Waals surface area contributed by atoms with E-state index in [2.05, 4.69) is 113 Å². The Morgan fingerprint density at radius 3 is 1.95 bits per heavy atom. The Balaban J connectivity index is 3.01. The van der Waals surface area contributed by atoms with Crippen molar-refractivity contribution >= 4 is 51.5 Å². The summed E-state index contributed by atoms with van der Waals surface area (Å²) in [4.78, 5) is 0. The lowest BCUT2D eigenvalue weighted by molar-refractivity contribution is 1.34. The van der Waals surface area contributed by atoms with Crippen LogP contribution in [0.2, 0.25) is 6.82 Å². The topological polar surface area (TPSA) is 4.93 Å². The monoisotopic (exact) mass is 507 g/mol. The molecule has 0 aliphatic rings. The standard InChI is InChI=1S/C37H38BN/c1-10-17-23-29(22-13-4)35-33(27(14-5)15-6)32(26(8)20-11-2)34(28(16-7)21-12-3)36-30-24-18-19-25-31(30)39(38-9)37(35)36/h10-25,38H,1-5,7H2,6,8-9H3/b23-17-,26-20+,27-15+,28-21+,29-22+. The van der Waals surface area contributed by atoms with Crippen LogP contribution >= 0.6 is 0 Å². The maximum atomic E-state index is 4.22. The molecule has 1 heterocycles. The number of aromatic nitrogens is 1. The molecule has 0 atom stereocenters. The van der Waals surface area contributed by atoms with Crippen LogP contribution in [0.3, 0.4) is 0 Å². The minimum Gasteiger partial charge on any atom is -0.389 e. The molecule has 0 radical (unpaired) electrons. The van der Waals surface area contributed by atoms with E-state index in [9.17, 15) is 0 Å². The normalized spacial score (nSPS) is 13.1. The lowest BCUT2D eigenvalue weighted by Crippen LogP contribution is -2.08. The highest BCUT2D eigenvalue weighted by molar-refractivity contribution is 6.39. The highest BCUT2D eigenvalue weighted by Gasteiger charge is 2.28. The van der Waals surface area contributed by atoms with Gasteiger partial charge in [0, 0.05) is 27.4 Å². The van der Waals surface area contributed by atoms with Crippen LogP contribution in [0.15, 0.2) is 137 Å². The highest BCUT2D eigenvalue weighted by Crippen LogP contribution is 2.47. The summed E-state index contributed by atoms with van der Waals surface area (Å²) in [6, 6.07) is 8.62. The van der Waals surface area contributed by atoms with E-state index >= 15 is 0 Å². The van der Waals surface area contributed by atoms with Crippen LogP contribution in [-0.2, 0) is 0 Å². The molecule has 0 spiro atoms. The van der Waals surface area contributed by atoms with Gasteiger partial charge in [-0.2, -0.15) is 0 Å². The third kappa shape index (κ3) is 5.24. The van der Waals surface area contributed by atoms with Crippen LogP contribution in [-0.4, -0.2) is 11.9 Å². The summed E-state index contributed by atoms with van der Waals surface area (Å²) in [6.07, 6.45) is 23.5. The fourth-order valence-corrected chi connectivity index (χ4v) is 5.42. The van der Waals surface area contributed by atoms with Crippen molar-refractivity contribution in [2.75, 3.05) is 0 Å². The number of nitrogens with zero attached hydrogens (tertiary/aromatic N) is 1. The Morgan fingerprint density at radius 1 is 0.744 bits per heavy atom. The summed E-state index contributed by atoms with van der Waals surface area (Å²) in [7, 11) is 0.803. The number of para-hydroxylation sites is 1. The van der Waals surface area contributed by atoms with Crippen LogP contribution < -0.4 is 0 Å². The van der Waals surface area contributed by atoms with Crippen LogP contribution in [0, 0.1) is 0 Å². The first-order valence-electron chi connectivity index (χ1n) is 13.3. The summed E-state index contributed by atoms with van der Waals surface area (Å²) < 4.78 is 2.41. The molecule has 2 heteroatoms. The smallest absolute Gasteiger partial charge is 0.239 e. The quantitative estimate of drug-likeness (QED) is 0.170. The molecule has 3 aromatic rings. The molecule has 0 fully saturated rings. The number of hydrogen-bond donors (Lipinski definition) is 0. The maximum absolute atomic E-state index is 4.22. The van der Waals surface area contributed by atoms with Crippen molar-refractivity contribution < 1.29 is 0 Å². The molecule has 2 aromatic carbocycles. The molecule has 0 unspecified atom stereocenters. The van der Waals surface area contributed by atoms with E-state index in [4.69, 9.17) is 0 Å². The van der Waals surface area contributed by atoms with Crippen molar-refractivity contribution in [1.82, 2.24) is 4.48 Å². The number of hydrogen-bond acceptors (Lipinski definition) is 0. The summed E-state index contributed by atoms with van der Waals surface area (Å²) in [6.45, 7) is 30.8. The molecule has 0 amide bonds. The summed E-state index contributed by atoms with van der Waals surface area (Å²) >= 11 is 0. The maximum Gasteiger partial charge on any atom is 0.239 e. The van der Waals surface area contributed by atoms with Gasteiger partial charge < -0.3 is 4.48 Å². The van der Waals surface area contributed by atoms with Gasteiger partial charge in [0.25, 0.3) is 0 Å². The SMILES string of the molecule is C=C/C=C\C(=C/C=C)c1c(/C(C=C)=C/C)c(/C(C)=C/C=C)c(/C(C=C)=C/C=C)c2c3ccccc3n(BC)c12. The molecule has 39 heavy (non-hydrogen) atoms. The molecule has 0 bridgehead atoms. The van der Waals surface area contributed by atoms with Gasteiger partial charge in [-0.05, 0) is 58.9 Å². The van der Waals surface area contributed by atoms with Crippen molar-refractivity contribution in [2.45, 2.75) is 20.7 Å². The highest BCUT2D eigenvalue weighted by atomic mass is 14.9. The predicted molar refractivity (Wildman–Crippen MR) is 181 cm³/mol. The van der Waals surface area contributed by atoms with Crippen LogP contribution in [0.4, 0.5) is 0 Å². The Kier molecular flexibility index (Phi) is 9.89. The van der Waals surface area contributed by atoms with Crippen LogP contribution in [0.5, 0.6) is 0 Å². The minimum atomic E-state index is 0.803. The third-order valence-electron chi connectivity index (χ3n) is 6.91. The Hall–Kier alpha value is -4.56. The zero-order chi connectivity index (χ0) is 28.5. The Bertz CT molecular complexity index is 1640. The largest absolute Gasteiger partial charge is 0.389 e. The summed E-state index contributed by atoms with van der Waals surface area (Å²) in [5.41, 5.74) is 10.9. The van der Waals surface area contributed by atoms with Crippen molar-refractivity contribution in [3.8, 4) is 0 Å². The van der Waals surface area contributed by atoms with Gasteiger partial charge in [0.05, 0.1) is 0 Å². The molecule has 0 N–H and O–H groups in total.